The van der Waals surface area contributed by atoms with Crippen LogP contribution in [-0.2, 0) is 7.05 Å². The zero-order valence-corrected chi connectivity index (χ0v) is 8.06. The summed E-state index contributed by atoms with van der Waals surface area (Å²) in [5.74, 6) is -0.366. The fourth-order valence-corrected chi connectivity index (χ4v) is 1.46. The molecule has 0 spiro atoms. The summed E-state index contributed by atoms with van der Waals surface area (Å²) in [6, 6.07) is 3.14. The number of rotatable bonds is 3. The third-order valence-corrected chi connectivity index (χ3v) is 2.27. The Hall–Kier alpha value is -1.88. The van der Waals surface area contributed by atoms with Gasteiger partial charge in [0.15, 0.2) is 12.0 Å². The maximum atomic E-state index is 11.1. The van der Waals surface area contributed by atoms with Crippen molar-refractivity contribution in [3.05, 3.63) is 23.6 Å². The molecule has 0 atom stereocenters. The first-order valence-electron chi connectivity index (χ1n) is 4.36. The molecule has 0 aliphatic heterocycles. The molecule has 0 unspecified atom stereocenters. The Kier molecular flexibility index (Phi) is 2.17. The smallest absolute Gasteiger partial charge is 0.223 e. The van der Waals surface area contributed by atoms with Crippen molar-refractivity contribution in [1.82, 2.24) is 4.57 Å². The first-order chi connectivity index (χ1) is 7.17. The zero-order chi connectivity index (χ0) is 11.0. The lowest BCUT2D eigenvalue weighted by Crippen LogP contribution is -2.02. The largest absolute Gasteiger partial charge is 0.436 e. The molecule has 5 heteroatoms. The van der Waals surface area contributed by atoms with E-state index in [-0.39, 0.29) is 5.76 Å². The van der Waals surface area contributed by atoms with Crippen LogP contribution in [0.3, 0.4) is 0 Å². The summed E-state index contributed by atoms with van der Waals surface area (Å²) in [5, 5.41) is 9.33. The number of nitrogens with zero attached hydrogens (tertiary/aromatic N) is 1. The molecular formula is C10H9NO4. The lowest BCUT2D eigenvalue weighted by atomic mass is 10.3. The predicted octanol–water partition coefficient (Wildman–Crippen LogP) is 0.759. The van der Waals surface area contributed by atoms with Gasteiger partial charge in [-0.15, -0.1) is 0 Å². The first-order valence-corrected chi connectivity index (χ1v) is 4.36. The number of ketones is 1. The third kappa shape index (κ3) is 1.37. The van der Waals surface area contributed by atoms with Crippen molar-refractivity contribution >= 4 is 23.2 Å². The van der Waals surface area contributed by atoms with Crippen LogP contribution < -0.4 is 0 Å². The number of furan rings is 1. The van der Waals surface area contributed by atoms with E-state index in [1.807, 2.05) is 0 Å². The molecule has 2 rings (SSSR count). The van der Waals surface area contributed by atoms with Gasteiger partial charge in [-0.2, -0.15) is 0 Å². The average Bonchev–Trinajstić information content (AvgIpc) is 2.77. The van der Waals surface area contributed by atoms with E-state index in [9.17, 15) is 9.59 Å². The van der Waals surface area contributed by atoms with Gasteiger partial charge in [-0.05, 0) is 12.1 Å². The van der Waals surface area contributed by atoms with Gasteiger partial charge in [-0.25, -0.2) is 0 Å². The van der Waals surface area contributed by atoms with Gasteiger partial charge >= 0.3 is 0 Å². The van der Waals surface area contributed by atoms with Gasteiger partial charge in [0.25, 0.3) is 0 Å². The molecule has 0 saturated heterocycles. The summed E-state index contributed by atoms with van der Waals surface area (Å²) < 4.78 is 6.78. The number of hydrogen-bond donors (Lipinski definition) is 1. The van der Waals surface area contributed by atoms with E-state index in [1.165, 1.54) is 6.07 Å². The second-order valence-electron chi connectivity index (χ2n) is 3.20. The lowest BCUT2D eigenvalue weighted by molar-refractivity contribution is 0.0877. The lowest BCUT2D eigenvalue weighted by Gasteiger charge is -1.94. The molecule has 0 fully saturated rings. The quantitative estimate of drug-likeness (QED) is 0.595. The van der Waals surface area contributed by atoms with Crippen LogP contribution in [0.2, 0.25) is 0 Å². The average molecular weight is 207 g/mol. The fourth-order valence-electron chi connectivity index (χ4n) is 1.46. The minimum absolute atomic E-state index is 0.107. The van der Waals surface area contributed by atoms with Gasteiger partial charge in [0.05, 0.1) is 5.69 Å². The van der Waals surface area contributed by atoms with Crippen LogP contribution in [0.15, 0.2) is 16.5 Å². The molecule has 15 heavy (non-hydrogen) atoms. The Balaban J connectivity index is 2.59. The van der Waals surface area contributed by atoms with Crippen molar-refractivity contribution in [2.75, 3.05) is 6.61 Å². The van der Waals surface area contributed by atoms with Crippen molar-refractivity contribution in [1.29, 1.82) is 0 Å². The maximum Gasteiger partial charge on any atom is 0.223 e. The molecule has 5 nitrogen and oxygen atoms in total. The molecular weight excluding hydrogens is 198 g/mol. The van der Waals surface area contributed by atoms with Crippen LogP contribution in [0.5, 0.6) is 0 Å². The van der Waals surface area contributed by atoms with Gasteiger partial charge in [0, 0.05) is 12.4 Å². The number of aliphatic hydroxyl groups excluding tert-OH is 1. The number of aldehydes is 1. The molecule has 0 bridgehead atoms. The van der Waals surface area contributed by atoms with E-state index >= 15 is 0 Å². The van der Waals surface area contributed by atoms with Gasteiger partial charge in [0.2, 0.25) is 11.5 Å². The van der Waals surface area contributed by atoms with Crippen molar-refractivity contribution in [2.45, 2.75) is 0 Å². The third-order valence-electron chi connectivity index (χ3n) is 2.27. The van der Waals surface area contributed by atoms with Crippen LogP contribution in [0.25, 0.3) is 11.1 Å². The number of carbonyl (C=O) groups excluding carboxylic acids is 2. The summed E-state index contributed by atoms with van der Waals surface area (Å²) in [6.07, 6.45) is 0.711. The van der Waals surface area contributed by atoms with Crippen LogP contribution in [0.4, 0.5) is 0 Å². The molecule has 0 radical (unpaired) electrons. The van der Waals surface area contributed by atoms with Crippen LogP contribution in [-0.4, -0.2) is 28.3 Å². The summed E-state index contributed by atoms with van der Waals surface area (Å²) in [4.78, 5) is 21.7. The van der Waals surface area contributed by atoms with Crippen LogP contribution >= 0.6 is 0 Å². The van der Waals surface area contributed by atoms with E-state index in [1.54, 1.807) is 17.7 Å². The summed E-state index contributed by atoms with van der Waals surface area (Å²) in [7, 11) is 1.67. The number of carbonyl (C=O) groups is 2. The second kappa shape index (κ2) is 3.36. The normalized spacial score (nSPS) is 10.8. The predicted molar refractivity (Wildman–Crippen MR) is 52.0 cm³/mol. The number of aromatic nitrogens is 1. The highest BCUT2D eigenvalue weighted by molar-refractivity contribution is 5.98. The number of hydrogen-bond acceptors (Lipinski definition) is 4. The standard InChI is InChI=1S/C10H9NO4/c1-11-7(4-12)2-6-3-9(8(14)5-13)15-10(6)11/h2-4,13H,5H2,1H3. The summed E-state index contributed by atoms with van der Waals surface area (Å²) >= 11 is 0. The topological polar surface area (TPSA) is 72.4 Å². The minimum atomic E-state index is -0.583. The van der Waals surface area contributed by atoms with E-state index in [0.29, 0.717) is 23.1 Å². The Morgan fingerprint density at radius 3 is 2.87 bits per heavy atom. The monoisotopic (exact) mass is 207 g/mol. The highest BCUT2D eigenvalue weighted by Gasteiger charge is 2.15. The second-order valence-corrected chi connectivity index (χ2v) is 3.20. The molecule has 2 aromatic heterocycles. The molecule has 0 aliphatic rings. The van der Waals surface area contributed by atoms with Crippen LogP contribution in [0.1, 0.15) is 21.0 Å². The molecule has 0 saturated carbocycles. The minimum Gasteiger partial charge on any atom is -0.436 e. The molecule has 1 N–H and O–H groups in total. The summed E-state index contributed by atoms with van der Waals surface area (Å²) in [6.45, 7) is -0.583. The highest BCUT2D eigenvalue weighted by Crippen LogP contribution is 2.22. The molecule has 2 heterocycles. The zero-order valence-electron chi connectivity index (χ0n) is 8.06. The van der Waals surface area contributed by atoms with Gasteiger partial charge in [0.1, 0.15) is 6.61 Å². The van der Waals surface area contributed by atoms with Gasteiger partial charge in [-0.1, -0.05) is 0 Å². The van der Waals surface area contributed by atoms with Crippen molar-refractivity contribution in [3.8, 4) is 0 Å². The summed E-state index contributed by atoms with van der Waals surface area (Å²) in [5.41, 5.74) is 0.931. The Morgan fingerprint density at radius 2 is 2.33 bits per heavy atom. The Labute approximate surface area is 84.9 Å². The molecule has 0 aliphatic carbocycles. The van der Waals surface area contributed by atoms with Crippen molar-refractivity contribution in [2.24, 2.45) is 7.05 Å². The van der Waals surface area contributed by atoms with Crippen LogP contribution in [0, 0.1) is 0 Å². The van der Waals surface area contributed by atoms with Crippen molar-refractivity contribution in [3.63, 3.8) is 0 Å². The van der Waals surface area contributed by atoms with Gasteiger partial charge in [-0.3, -0.25) is 9.59 Å². The maximum absolute atomic E-state index is 11.1. The molecule has 2 aromatic rings. The van der Waals surface area contributed by atoms with E-state index in [0.717, 1.165) is 0 Å². The number of aliphatic hydroxyl groups is 1. The number of Topliss-reactive ketones (excluding diaryl/α,β-unsaturated/α-hetero) is 1. The van der Waals surface area contributed by atoms with E-state index < -0.39 is 12.4 Å². The number of fused-ring (bicyclic) bond motifs is 1. The highest BCUT2D eigenvalue weighted by atomic mass is 16.4. The molecule has 78 valence electrons. The van der Waals surface area contributed by atoms with Gasteiger partial charge < -0.3 is 14.1 Å². The molecule has 0 aromatic carbocycles. The van der Waals surface area contributed by atoms with Crippen molar-refractivity contribution < 1.29 is 19.1 Å². The molecule has 0 amide bonds. The first kappa shape index (κ1) is 9.67. The Bertz CT molecular complexity index is 535. The van der Waals surface area contributed by atoms with E-state index in [2.05, 4.69) is 0 Å². The SMILES string of the molecule is Cn1c(C=O)cc2cc(C(=O)CO)oc21. The number of aryl methyl sites for hydroxylation is 1. The Morgan fingerprint density at radius 1 is 1.60 bits per heavy atom. The fraction of sp³-hybridized carbons (Fsp3) is 0.200. The van der Waals surface area contributed by atoms with E-state index in [4.69, 9.17) is 9.52 Å².